The molecular weight excluding hydrogens is 228 g/mol. The molecule has 1 amide bonds. The van der Waals surface area contributed by atoms with E-state index in [1.165, 1.54) is 0 Å². The second kappa shape index (κ2) is 4.72. The molecule has 1 aliphatic heterocycles. The molecule has 0 aliphatic carbocycles. The molecule has 2 N–H and O–H groups in total. The number of aromatic nitrogens is 2. The van der Waals surface area contributed by atoms with Crippen molar-refractivity contribution in [1.82, 2.24) is 14.7 Å². The lowest BCUT2D eigenvalue weighted by atomic mass is 10.0. The summed E-state index contributed by atoms with van der Waals surface area (Å²) in [6.07, 6.45) is 4.26. The molecule has 0 unspecified atom stereocenters. The van der Waals surface area contributed by atoms with Gasteiger partial charge in [0.15, 0.2) is 0 Å². The lowest BCUT2D eigenvalue weighted by Crippen LogP contribution is -2.37. The standard InChI is InChI=1S/C13H22N4O/c1-8(2)16-7-10(6-15-16)13-11(14)5-12(18)17(13)9(3)4/h6-9,11,13H,5,14H2,1-4H3/t11-,13+/m1/s1. The van der Waals surface area contributed by atoms with Crippen LogP contribution in [-0.2, 0) is 4.79 Å². The Morgan fingerprint density at radius 1 is 1.33 bits per heavy atom. The molecule has 2 atom stereocenters. The van der Waals surface area contributed by atoms with E-state index in [0.29, 0.717) is 12.5 Å². The Labute approximate surface area is 108 Å². The predicted octanol–water partition coefficient (Wildman–Crippen LogP) is 1.47. The predicted molar refractivity (Wildman–Crippen MR) is 69.9 cm³/mol. The first-order valence-electron chi connectivity index (χ1n) is 6.52. The highest BCUT2D eigenvalue weighted by molar-refractivity contribution is 5.80. The smallest absolute Gasteiger partial charge is 0.225 e. The van der Waals surface area contributed by atoms with Crippen molar-refractivity contribution >= 4 is 5.91 Å². The summed E-state index contributed by atoms with van der Waals surface area (Å²) in [6, 6.07) is 0.313. The van der Waals surface area contributed by atoms with Gasteiger partial charge in [0.2, 0.25) is 5.91 Å². The first-order valence-corrected chi connectivity index (χ1v) is 6.52. The van der Waals surface area contributed by atoms with Gasteiger partial charge in [0.05, 0.1) is 12.2 Å². The number of amides is 1. The van der Waals surface area contributed by atoms with Crippen LogP contribution < -0.4 is 5.73 Å². The summed E-state index contributed by atoms with van der Waals surface area (Å²) in [5, 5.41) is 4.34. The first-order chi connectivity index (χ1) is 8.41. The van der Waals surface area contributed by atoms with E-state index in [4.69, 9.17) is 5.73 Å². The summed E-state index contributed by atoms with van der Waals surface area (Å²) >= 11 is 0. The highest BCUT2D eigenvalue weighted by Gasteiger charge is 2.40. The molecule has 1 aromatic rings. The molecule has 0 bridgehead atoms. The Morgan fingerprint density at radius 2 is 2.00 bits per heavy atom. The Bertz CT molecular complexity index is 438. The third-order valence-electron chi connectivity index (χ3n) is 3.45. The van der Waals surface area contributed by atoms with Gasteiger partial charge < -0.3 is 10.6 Å². The second-order valence-corrected chi connectivity index (χ2v) is 5.56. The Balaban J connectivity index is 2.31. The average molecular weight is 250 g/mol. The summed E-state index contributed by atoms with van der Waals surface area (Å²) in [4.78, 5) is 13.9. The van der Waals surface area contributed by atoms with E-state index in [9.17, 15) is 4.79 Å². The largest absolute Gasteiger partial charge is 0.331 e. The molecule has 1 aromatic heterocycles. The fourth-order valence-corrected chi connectivity index (χ4v) is 2.58. The van der Waals surface area contributed by atoms with Crippen LogP contribution in [0.25, 0.3) is 0 Å². The third-order valence-corrected chi connectivity index (χ3v) is 3.45. The van der Waals surface area contributed by atoms with Crippen molar-refractivity contribution in [3.63, 3.8) is 0 Å². The molecule has 5 nitrogen and oxygen atoms in total. The fraction of sp³-hybridized carbons (Fsp3) is 0.692. The molecule has 1 aliphatic rings. The summed E-state index contributed by atoms with van der Waals surface area (Å²) in [7, 11) is 0. The van der Waals surface area contributed by atoms with Gasteiger partial charge >= 0.3 is 0 Å². The lowest BCUT2D eigenvalue weighted by molar-refractivity contribution is -0.130. The minimum Gasteiger partial charge on any atom is -0.331 e. The summed E-state index contributed by atoms with van der Waals surface area (Å²) in [5.41, 5.74) is 7.15. The van der Waals surface area contributed by atoms with Gasteiger partial charge in [-0.15, -0.1) is 0 Å². The van der Waals surface area contributed by atoms with Gasteiger partial charge in [0.25, 0.3) is 0 Å². The van der Waals surface area contributed by atoms with Crippen molar-refractivity contribution in [2.24, 2.45) is 5.73 Å². The molecule has 0 aromatic carbocycles. The Morgan fingerprint density at radius 3 is 2.50 bits per heavy atom. The molecule has 2 rings (SSSR count). The quantitative estimate of drug-likeness (QED) is 0.883. The lowest BCUT2D eigenvalue weighted by Gasteiger charge is -2.29. The second-order valence-electron chi connectivity index (χ2n) is 5.56. The monoisotopic (exact) mass is 250 g/mol. The van der Waals surface area contributed by atoms with Crippen LogP contribution in [0.3, 0.4) is 0 Å². The normalized spacial score (nSPS) is 24.6. The average Bonchev–Trinajstić information content (AvgIpc) is 2.81. The minimum atomic E-state index is -0.135. The highest BCUT2D eigenvalue weighted by Crippen LogP contribution is 2.33. The molecule has 1 fully saturated rings. The van der Waals surface area contributed by atoms with Crippen LogP contribution in [0.2, 0.25) is 0 Å². The van der Waals surface area contributed by atoms with Crippen LogP contribution in [0.15, 0.2) is 12.4 Å². The van der Waals surface area contributed by atoms with Crippen LogP contribution in [0, 0.1) is 0 Å². The van der Waals surface area contributed by atoms with Crippen molar-refractivity contribution < 1.29 is 4.79 Å². The van der Waals surface area contributed by atoms with Crippen LogP contribution in [0.4, 0.5) is 0 Å². The van der Waals surface area contributed by atoms with Crippen LogP contribution >= 0.6 is 0 Å². The number of carbonyl (C=O) groups excluding carboxylic acids is 1. The number of carbonyl (C=O) groups is 1. The van der Waals surface area contributed by atoms with E-state index in [1.54, 1.807) is 0 Å². The Kier molecular flexibility index (Phi) is 3.43. The zero-order valence-electron chi connectivity index (χ0n) is 11.5. The van der Waals surface area contributed by atoms with Gasteiger partial charge in [-0.1, -0.05) is 0 Å². The van der Waals surface area contributed by atoms with E-state index in [-0.39, 0.29) is 24.0 Å². The molecule has 2 heterocycles. The van der Waals surface area contributed by atoms with Crippen LogP contribution in [-0.4, -0.2) is 32.7 Å². The number of nitrogens with two attached hydrogens (primary N) is 1. The van der Waals surface area contributed by atoms with E-state index in [1.807, 2.05) is 35.8 Å². The maximum atomic E-state index is 12.0. The van der Waals surface area contributed by atoms with E-state index < -0.39 is 0 Å². The molecule has 0 spiro atoms. The minimum absolute atomic E-state index is 0.0370. The van der Waals surface area contributed by atoms with Crippen molar-refractivity contribution in [3.8, 4) is 0 Å². The van der Waals surface area contributed by atoms with Gasteiger partial charge in [-0.3, -0.25) is 9.48 Å². The number of likely N-dealkylation sites (tertiary alicyclic amines) is 1. The van der Waals surface area contributed by atoms with Crippen molar-refractivity contribution in [3.05, 3.63) is 18.0 Å². The van der Waals surface area contributed by atoms with Gasteiger partial charge in [-0.25, -0.2) is 0 Å². The molecule has 0 radical (unpaired) electrons. The number of rotatable bonds is 3. The summed E-state index contributed by atoms with van der Waals surface area (Å²) < 4.78 is 1.91. The molecule has 5 heteroatoms. The number of nitrogens with zero attached hydrogens (tertiary/aromatic N) is 3. The summed E-state index contributed by atoms with van der Waals surface area (Å²) in [5.74, 6) is 0.139. The van der Waals surface area contributed by atoms with Gasteiger partial charge in [-0.05, 0) is 27.7 Å². The number of hydrogen-bond donors (Lipinski definition) is 1. The fourth-order valence-electron chi connectivity index (χ4n) is 2.58. The van der Waals surface area contributed by atoms with Crippen LogP contribution in [0.1, 0.15) is 51.8 Å². The highest BCUT2D eigenvalue weighted by atomic mass is 16.2. The molecule has 1 saturated heterocycles. The molecule has 18 heavy (non-hydrogen) atoms. The zero-order chi connectivity index (χ0) is 13.4. The maximum absolute atomic E-state index is 12.0. The van der Waals surface area contributed by atoms with Crippen molar-refractivity contribution in [2.45, 2.75) is 58.3 Å². The van der Waals surface area contributed by atoms with Crippen molar-refractivity contribution in [2.75, 3.05) is 0 Å². The maximum Gasteiger partial charge on any atom is 0.225 e. The van der Waals surface area contributed by atoms with Gasteiger partial charge in [0.1, 0.15) is 0 Å². The van der Waals surface area contributed by atoms with Gasteiger partial charge in [0, 0.05) is 36.3 Å². The van der Waals surface area contributed by atoms with E-state index in [2.05, 4.69) is 18.9 Å². The zero-order valence-corrected chi connectivity index (χ0v) is 11.5. The SMILES string of the molecule is CC(C)N1C(=O)C[C@@H](N)[C@@H]1c1cnn(C(C)C)c1. The topological polar surface area (TPSA) is 64.2 Å². The summed E-state index contributed by atoms with van der Waals surface area (Å²) in [6.45, 7) is 8.21. The third kappa shape index (κ3) is 2.14. The van der Waals surface area contributed by atoms with E-state index in [0.717, 1.165) is 5.56 Å². The first kappa shape index (κ1) is 13.1. The molecular formula is C13H22N4O. The van der Waals surface area contributed by atoms with E-state index >= 15 is 0 Å². The Hall–Kier alpha value is -1.36. The van der Waals surface area contributed by atoms with Gasteiger partial charge in [-0.2, -0.15) is 5.10 Å². The van der Waals surface area contributed by atoms with Crippen LogP contribution in [0.5, 0.6) is 0 Å². The molecule has 100 valence electrons. The van der Waals surface area contributed by atoms with Crippen molar-refractivity contribution in [1.29, 1.82) is 0 Å². The number of hydrogen-bond acceptors (Lipinski definition) is 3. The molecule has 0 saturated carbocycles.